The summed E-state index contributed by atoms with van der Waals surface area (Å²) in [4.78, 5) is 26.2. The molecule has 0 saturated carbocycles. The first kappa shape index (κ1) is 17.3. The molecule has 0 aliphatic carbocycles. The van der Waals surface area contributed by atoms with Gasteiger partial charge in [-0.25, -0.2) is 4.79 Å². The summed E-state index contributed by atoms with van der Waals surface area (Å²) < 4.78 is 5.35. The van der Waals surface area contributed by atoms with E-state index in [9.17, 15) is 9.59 Å². The van der Waals surface area contributed by atoms with Crippen LogP contribution in [0.3, 0.4) is 0 Å². The minimum absolute atomic E-state index is 0.0276. The molecule has 1 aromatic carbocycles. The van der Waals surface area contributed by atoms with E-state index < -0.39 is 11.6 Å². The fraction of sp³-hybridized carbons (Fsp3) is 0.529. The monoisotopic (exact) mass is 320 g/mol. The summed E-state index contributed by atoms with van der Waals surface area (Å²) in [6.07, 6.45) is 1.41. The fourth-order valence-electron chi connectivity index (χ4n) is 2.76. The standard InChI is InChI=1S/C17H24N2O4/c1-17(15(21)18-10-6-12-20)9-5-11-19(17)16(22)23-13-14-7-3-2-4-8-14/h2-4,7-8,20H,5-6,9-13H2,1H3,(H,18,21). The predicted molar refractivity (Wildman–Crippen MR) is 85.7 cm³/mol. The van der Waals surface area contributed by atoms with Gasteiger partial charge >= 0.3 is 6.09 Å². The first-order chi connectivity index (χ1) is 11.1. The highest BCUT2D eigenvalue weighted by Gasteiger charge is 2.46. The van der Waals surface area contributed by atoms with Crippen LogP contribution in [0.1, 0.15) is 31.7 Å². The van der Waals surface area contributed by atoms with E-state index in [4.69, 9.17) is 9.84 Å². The number of nitrogens with zero attached hydrogens (tertiary/aromatic N) is 1. The van der Waals surface area contributed by atoms with E-state index in [1.54, 1.807) is 6.92 Å². The maximum Gasteiger partial charge on any atom is 0.410 e. The van der Waals surface area contributed by atoms with Crippen LogP contribution in [-0.4, -0.2) is 47.2 Å². The topological polar surface area (TPSA) is 78.9 Å². The Balaban J connectivity index is 1.94. The van der Waals surface area contributed by atoms with E-state index in [1.165, 1.54) is 4.90 Å². The average Bonchev–Trinajstić information content (AvgIpc) is 2.97. The number of carbonyl (C=O) groups is 2. The van der Waals surface area contributed by atoms with Crippen molar-refractivity contribution < 1.29 is 19.4 Å². The van der Waals surface area contributed by atoms with Gasteiger partial charge in [0.05, 0.1) is 0 Å². The third-order valence-electron chi connectivity index (χ3n) is 4.18. The van der Waals surface area contributed by atoms with E-state index in [0.717, 1.165) is 12.0 Å². The molecule has 6 heteroatoms. The van der Waals surface area contributed by atoms with Crippen LogP contribution in [0, 0.1) is 0 Å². The lowest BCUT2D eigenvalue weighted by molar-refractivity contribution is -0.130. The summed E-state index contributed by atoms with van der Waals surface area (Å²) in [5.74, 6) is -0.194. The van der Waals surface area contributed by atoms with Crippen molar-refractivity contribution in [3.63, 3.8) is 0 Å². The Morgan fingerprint density at radius 2 is 2.09 bits per heavy atom. The molecule has 0 radical (unpaired) electrons. The van der Waals surface area contributed by atoms with E-state index in [2.05, 4.69) is 5.32 Å². The summed E-state index contributed by atoms with van der Waals surface area (Å²) in [5, 5.41) is 11.6. The molecular weight excluding hydrogens is 296 g/mol. The highest BCUT2D eigenvalue weighted by molar-refractivity contribution is 5.90. The van der Waals surface area contributed by atoms with E-state index in [-0.39, 0.29) is 19.1 Å². The van der Waals surface area contributed by atoms with E-state index in [0.29, 0.717) is 25.9 Å². The second-order valence-electron chi connectivity index (χ2n) is 5.90. The van der Waals surface area contributed by atoms with Crippen LogP contribution in [-0.2, 0) is 16.1 Å². The maximum absolute atomic E-state index is 12.4. The predicted octanol–water partition coefficient (Wildman–Crippen LogP) is 1.68. The molecule has 0 bridgehead atoms. The molecular formula is C17H24N2O4. The lowest BCUT2D eigenvalue weighted by atomic mass is 9.98. The van der Waals surface area contributed by atoms with Crippen LogP contribution in [0.4, 0.5) is 4.79 Å². The zero-order valence-corrected chi connectivity index (χ0v) is 13.5. The summed E-state index contributed by atoms with van der Waals surface area (Å²) in [5.41, 5.74) is 0.0256. The number of amides is 2. The number of likely N-dealkylation sites (tertiary alicyclic amines) is 1. The number of hydrogen-bond acceptors (Lipinski definition) is 4. The van der Waals surface area contributed by atoms with Gasteiger partial charge in [-0.2, -0.15) is 0 Å². The lowest BCUT2D eigenvalue weighted by Gasteiger charge is -2.33. The van der Waals surface area contributed by atoms with Gasteiger partial charge in [-0.1, -0.05) is 30.3 Å². The Morgan fingerprint density at radius 3 is 2.78 bits per heavy atom. The number of aliphatic hydroxyl groups is 1. The number of hydrogen-bond donors (Lipinski definition) is 2. The van der Waals surface area contributed by atoms with Gasteiger partial charge in [0.2, 0.25) is 5.91 Å². The van der Waals surface area contributed by atoms with Crippen molar-refractivity contribution in [3.05, 3.63) is 35.9 Å². The van der Waals surface area contributed by atoms with Gasteiger partial charge in [0.15, 0.2) is 0 Å². The van der Waals surface area contributed by atoms with Crippen molar-refractivity contribution in [1.29, 1.82) is 0 Å². The Bertz CT molecular complexity index is 535. The molecule has 0 spiro atoms. The van der Waals surface area contributed by atoms with Crippen LogP contribution < -0.4 is 5.32 Å². The summed E-state index contributed by atoms with van der Waals surface area (Å²) in [6, 6.07) is 9.45. The van der Waals surface area contributed by atoms with Crippen molar-refractivity contribution >= 4 is 12.0 Å². The van der Waals surface area contributed by atoms with Crippen molar-refractivity contribution in [1.82, 2.24) is 10.2 Å². The van der Waals surface area contributed by atoms with Crippen molar-refractivity contribution in [3.8, 4) is 0 Å². The Hall–Kier alpha value is -2.08. The van der Waals surface area contributed by atoms with E-state index in [1.807, 2.05) is 30.3 Å². The molecule has 1 aromatic rings. The number of benzene rings is 1. The van der Waals surface area contributed by atoms with E-state index >= 15 is 0 Å². The molecule has 1 fully saturated rings. The normalized spacial score (nSPS) is 20.3. The second kappa shape index (κ2) is 7.97. The molecule has 2 N–H and O–H groups in total. The minimum atomic E-state index is -0.886. The maximum atomic E-state index is 12.4. The molecule has 1 aliphatic heterocycles. The highest BCUT2D eigenvalue weighted by Crippen LogP contribution is 2.30. The second-order valence-corrected chi connectivity index (χ2v) is 5.90. The fourth-order valence-corrected chi connectivity index (χ4v) is 2.76. The van der Waals surface area contributed by atoms with Crippen molar-refractivity contribution in [2.75, 3.05) is 19.7 Å². The zero-order valence-electron chi connectivity index (χ0n) is 13.5. The van der Waals surface area contributed by atoms with Crippen LogP contribution in [0.5, 0.6) is 0 Å². The Morgan fingerprint density at radius 1 is 1.35 bits per heavy atom. The number of rotatable bonds is 6. The molecule has 23 heavy (non-hydrogen) atoms. The van der Waals surface area contributed by atoms with Crippen LogP contribution in [0.2, 0.25) is 0 Å². The molecule has 1 saturated heterocycles. The van der Waals surface area contributed by atoms with Gasteiger partial charge in [0.25, 0.3) is 0 Å². The molecule has 126 valence electrons. The third-order valence-corrected chi connectivity index (χ3v) is 4.18. The van der Waals surface area contributed by atoms with Crippen LogP contribution >= 0.6 is 0 Å². The largest absolute Gasteiger partial charge is 0.445 e. The number of carbonyl (C=O) groups excluding carboxylic acids is 2. The molecule has 2 rings (SSSR count). The molecule has 0 aromatic heterocycles. The summed E-state index contributed by atoms with van der Waals surface area (Å²) in [6.45, 7) is 2.89. The van der Waals surface area contributed by atoms with Crippen LogP contribution in [0.25, 0.3) is 0 Å². The van der Waals surface area contributed by atoms with Gasteiger partial charge < -0.3 is 15.2 Å². The first-order valence-electron chi connectivity index (χ1n) is 7.95. The molecule has 6 nitrogen and oxygen atoms in total. The van der Waals surface area contributed by atoms with Gasteiger partial charge in [-0.05, 0) is 31.7 Å². The van der Waals surface area contributed by atoms with Gasteiger partial charge in [0, 0.05) is 19.7 Å². The summed E-state index contributed by atoms with van der Waals surface area (Å²) in [7, 11) is 0. The summed E-state index contributed by atoms with van der Waals surface area (Å²) >= 11 is 0. The minimum Gasteiger partial charge on any atom is -0.445 e. The van der Waals surface area contributed by atoms with Gasteiger partial charge in [-0.15, -0.1) is 0 Å². The quantitative estimate of drug-likeness (QED) is 0.782. The first-order valence-corrected chi connectivity index (χ1v) is 7.95. The SMILES string of the molecule is CC1(C(=O)NCCCO)CCCN1C(=O)OCc1ccccc1. The molecule has 1 aliphatic rings. The Labute approximate surface area is 136 Å². The molecule has 1 atom stereocenters. The number of aliphatic hydroxyl groups excluding tert-OH is 1. The third kappa shape index (κ3) is 4.22. The van der Waals surface area contributed by atoms with Crippen LogP contribution in [0.15, 0.2) is 30.3 Å². The lowest BCUT2D eigenvalue weighted by Crippen LogP contribution is -2.55. The Kier molecular flexibility index (Phi) is 5.98. The number of nitrogens with one attached hydrogen (secondary N) is 1. The van der Waals surface area contributed by atoms with Gasteiger partial charge in [0.1, 0.15) is 12.1 Å². The van der Waals surface area contributed by atoms with Crippen molar-refractivity contribution in [2.45, 2.75) is 38.3 Å². The highest BCUT2D eigenvalue weighted by atomic mass is 16.6. The molecule has 1 heterocycles. The average molecular weight is 320 g/mol. The molecule has 2 amide bonds. The zero-order chi connectivity index (χ0) is 16.7. The van der Waals surface area contributed by atoms with Crippen molar-refractivity contribution in [2.24, 2.45) is 0 Å². The number of ether oxygens (including phenoxy) is 1. The smallest absolute Gasteiger partial charge is 0.410 e. The van der Waals surface area contributed by atoms with Gasteiger partial charge in [-0.3, -0.25) is 9.69 Å². The molecule has 1 unspecified atom stereocenters.